The fraction of sp³-hybridized carbons (Fsp3) is 0.733. The van der Waals surface area contributed by atoms with Crippen LogP contribution in [0.25, 0.3) is 0 Å². The Morgan fingerprint density at radius 3 is 2.16 bits per heavy atom. The molecular formula is C30H50ClNO6. The number of nitrogens with one attached hydrogen (secondary N) is 1. The number of alkyl carbamates (subject to hydrolysis) is 1. The number of hydrogen-bond donors (Lipinski definition) is 1. The van der Waals surface area contributed by atoms with Crippen molar-refractivity contribution in [1.82, 2.24) is 5.32 Å². The maximum atomic E-state index is 12.3. The number of Topliss-reactive ketones (excluding diaryl/α,β-unsaturated/α-hetero) is 1. The molecule has 0 aliphatic rings. The number of hydrogen-bond acceptors (Lipinski definition) is 6. The third-order valence-corrected chi connectivity index (χ3v) is 6.31. The van der Waals surface area contributed by atoms with Crippen LogP contribution in [0.1, 0.15) is 96.3 Å². The summed E-state index contributed by atoms with van der Waals surface area (Å²) in [6, 6.07) is 6.54. The van der Waals surface area contributed by atoms with Gasteiger partial charge in [0.15, 0.2) is 5.78 Å². The van der Waals surface area contributed by atoms with E-state index in [0.29, 0.717) is 30.2 Å². The van der Waals surface area contributed by atoms with Crippen molar-refractivity contribution in [3.05, 3.63) is 34.9 Å². The van der Waals surface area contributed by atoms with Crippen molar-refractivity contribution in [2.24, 2.45) is 5.92 Å². The molecule has 0 aliphatic carbocycles. The molecule has 1 aromatic carbocycles. The highest BCUT2D eigenvalue weighted by Gasteiger charge is 2.19. The third kappa shape index (κ3) is 17.0. The van der Waals surface area contributed by atoms with Crippen molar-refractivity contribution in [2.45, 2.75) is 104 Å². The van der Waals surface area contributed by atoms with Crippen LogP contribution >= 0.6 is 11.6 Å². The van der Waals surface area contributed by atoms with Crippen molar-refractivity contribution in [3.63, 3.8) is 0 Å². The van der Waals surface area contributed by atoms with Gasteiger partial charge in [0.2, 0.25) is 0 Å². The molecule has 218 valence electrons. The molecule has 1 N–H and O–H groups in total. The molecule has 1 rings (SSSR count). The van der Waals surface area contributed by atoms with Crippen LogP contribution in [0.4, 0.5) is 4.79 Å². The molecule has 0 spiro atoms. The summed E-state index contributed by atoms with van der Waals surface area (Å²) in [5.74, 6) is 0.548. The van der Waals surface area contributed by atoms with Crippen molar-refractivity contribution in [2.75, 3.05) is 33.0 Å². The van der Waals surface area contributed by atoms with Crippen LogP contribution in [0.15, 0.2) is 24.3 Å². The van der Waals surface area contributed by atoms with E-state index in [-0.39, 0.29) is 31.1 Å². The lowest BCUT2D eigenvalue weighted by Crippen LogP contribution is -2.36. The zero-order valence-electron chi connectivity index (χ0n) is 24.1. The van der Waals surface area contributed by atoms with Gasteiger partial charge in [-0.2, -0.15) is 0 Å². The minimum absolute atomic E-state index is 0.0136. The molecule has 0 saturated heterocycles. The Morgan fingerprint density at radius 2 is 1.50 bits per heavy atom. The minimum Gasteiger partial charge on any atom is -0.444 e. The summed E-state index contributed by atoms with van der Waals surface area (Å²) in [5, 5.41) is 3.09. The molecule has 38 heavy (non-hydrogen) atoms. The first kappa shape index (κ1) is 34.4. The van der Waals surface area contributed by atoms with Gasteiger partial charge >= 0.3 is 6.09 Å². The lowest BCUT2D eigenvalue weighted by atomic mass is 10.1. The molecule has 0 bridgehead atoms. The number of halogens is 1. The van der Waals surface area contributed by atoms with E-state index in [2.05, 4.69) is 26.1 Å². The summed E-state index contributed by atoms with van der Waals surface area (Å²) >= 11 is 5.86. The number of benzene rings is 1. The van der Waals surface area contributed by atoms with E-state index in [1.165, 1.54) is 19.3 Å². The normalized spacial score (nSPS) is 13.8. The molecule has 1 amide bonds. The molecule has 7 nitrogen and oxygen atoms in total. The maximum Gasteiger partial charge on any atom is 0.407 e. The Bertz CT molecular complexity index is 758. The molecule has 0 fully saturated rings. The SMILES string of the molecule is CCCC(COC(C)COCCCCCC(C)C)OCC(CCC)OC(=O)NCC(=O)c1ccc(Cl)cc1. The lowest BCUT2D eigenvalue weighted by molar-refractivity contribution is -0.0825. The number of rotatable bonds is 22. The van der Waals surface area contributed by atoms with Crippen LogP contribution in [0.2, 0.25) is 5.02 Å². The standard InChI is InChI=1S/C30H50ClNO6/c1-6-11-27(21-36-24(5)20-35-18-10-8-9-13-23(3)4)37-22-28(12-7-2)38-30(34)32-19-29(33)25-14-16-26(31)17-15-25/h14-17,23-24,27-28H,6-13,18-22H2,1-5H3,(H,32,34). The summed E-state index contributed by atoms with van der Waals surface area (Å²) < 4.78 is 23.4. The summed E-state index contributed by atoms with van der Waals surface area (Å²) in [6.45, 7) is 12.6. The Balaban J connectivity index is 2.34. The molecule has 0 heterocycles. The molecule has 1 aromatic rings. The first-order valence-corrected chi connectivity index (χ1v) is 14.7. The number of ether oxygens (including phenoxy) is 4. The molecule has 0 saturated carbocycles. The molecule has 8 heteroatoms. The van der Waals surface area contributed by atoms with Gasteiger partial charge in [-0.1, -0.05) is 71.4 Å². The predicted molar refractivity (Wildman–Crippen MR) is 153 cm³/mol. The quantitative estimate of drug-likeness (QED) is 0.120. The maximum absolute atomic E-state index is 12.3. The fourth-order valence-corrected chi connectivity index (χ4v) is 3.99. The van der Waals surface area contributed by atoms with E-state index < -0.39 is 12.2 Å². The second-order valence-electron chi connectivity index (χ2n) is 10.3. The average molecular weight is 556 g/mol. The lowest BCUT2D eigenvalue weighted by Gasteiger charge is -2.24. The smallest absolute Gasteiger partial charge is 0.407 e. The second kappa shape index (κ2) is 21.2. The van der Waals surface area contributed by atoms with Gasteiger partial charge in [0.1, 0.15) is 6.10 Å². The molecule has 0 aliphatic heterocycles. The summed E-state index contributed by atoms with van der Waals surface area (Å²) in [4.78, 5) is 24.6. The second-order valence-corrected chi connectivity index (χ2v) is 10.7. The number of unbranched alkanes of at least 4 members (excludes halogenated alkanes) is 2. The highest BCUT2D eigenvalue weighted by atomic mass is 35.5. The number of carbonyl (C=O) groups excluding carboxylic acids is 2. The molecule has 0 radical (unpaired) electrons. The van der Waals surface area contributed by atoms with Crippen molar-refractivity contribution in [1.29, 1.82) is 0 Å². The van der Waals surface area contributed by atoms with Crippen LogP contribution < -0.4 is 5.32 Å². The van der Waals surface area contributed by atoms with Crippen molar-refractivity contribution < 1.29 is 28.5 Å². The number of carbonyl (C=O) groups is 2. The van der Waals surface area contributed by atoms with Gasteiger partial charge in [-0.25, -0.2) is 4.79 Å². The van der Waals surface area contributed by atoms with E-state index >= 15 is 0 Å². The van der Waals surface area contributed by atoms with Gasteiger partial charge in [0.25, 0.3) is 0 Å². The molecule has 0 aromatic heterocycles. The first-order chi connectivity index (χ1) is 18.2. The van der Waals surface area contributed by atoms with Crippen LogP contribution in [-0.2, 0) is 18.9 Å². The first-order valence-electron chi connectivity index (χ1n) is 14.3. The summed E-state index contributed by atoms with van der Waals surface area (Å²) in [5.41, 5.74) is 0.479. The summed E-state index contributed by atoms with van der Waals surface area (Å²) in [7, 11) is 0. The predicted octanol–water partition coefficient (Wildman–Crippen LogP) is 7.24. The van der Waals surface area contributed by atoms with Gasteiger partial charge in [-0.05, 0) is 56.4 Å². The van der Waals surface area contributed by atoms with Gasteiger partial charge < -0.3 is 24.3 Å². The number of amides is 1. The van der Waals surface area contributed by atoms with Crippen molar-refractivity contribution >= 4 is 23.5 Å². The third-order valence-electron chi connectivity index (χ3n) is 6.06. The van der Waals surface area contributed by atoms with Crippen LogP contribution in [-0.4, -0.2) is 63.2 Å². The van der Waals surface area contributed by atoms with E-state index in [1.54, 1.807) is 24.3 Å². The van der Waals surface area contributed by atoms with Crippen LogP contribution in [0, 0.1) is 5.92 Å². The highest BCUT2D eigenvalue weighted by Crippen LogP contribution is 2.12. The van der Waals surface area contributed by atoms with Gasteiger partial charge in [0.05, 0.1) is 38.6 Å². The van der Waals surface area contributed by atoms with E-state index in [1.807, 2.05) is 13.8 Å². The number of ketones is 1. The van der Waals surface area contributed by atoms with E-state index in [9.17, 15) is 9.59 Å². The molecule has 3 atom stereocenters. The fourth-order valence-electron chi connectivity index (χ4n) is 3.86. The highest BCUT2D eigenvalue weighted by molar-refractivity contribution is 6.30. The van der Waals surface area contributed by atoms with Crippen LogP contribution in [0.5, 0.6) is 0 Å². The van der Waals surface area contributed by atoms with Gasteiger partial charge in [-0.3, -0.25) is 4.79 Å². The molecular weight excluding hydrogens is 506 g/mol. The largest absolute Gasteiger partial charge is 0.444 e. The average Bonchev–Trinajstić information content (AvgIpc) is 2.88. The van der Waals surface area contributed by atoms with Crippen LogP contribution in [0.3, 0.4) is 0 Å². The van der Waals surface area contributed by atoms with Gasteiger partial charge in [-0.15, -0.1) is 0 Å². The Morgan fingerprint density at radius 1 is 0.842 bits per heavy atom. The van der Waals surface area contributed by atoms with E-state index in [4.69, 9.17) is 30.5 Å². The summed E-state index contributed by atoms with van der Waals surface area (Å²) in [6.07, 6.45) is 7.01. The minimum atomic E-state index is -0.632. The Kier molecular flexibility index (Phi) is 19.2. The Hall–Kier alpha value is -1.67. The topological polar surface area (TPSA) is 83.1 Å². The Labute approximate surface area is 235 Å². The van der Waals surface area contributed by atoms with E-state index in [0.717, 1.165) is 38.2 Å². The van der Waals surface area contributed by atoms with Crippen molar-refractivity contribution in [3.8, 4) is 0 Å². The zero-order valence-corrected chi connectivity index (χ0v) is 24.9. The monoisotopic (exact) mass is 555 g/mol. The zero-order chi connectivity index (χ0) is 28.2. The molecule has 3 unspecified atom stereocenters. The van der Waals surface area contributed by atoms with Gasteiger partial charge in [0, 0.05) is 17.2 Å².